The van der Waals surface area contributed by atoms with Crippen LogP contribution in [0.4, 0.5) is 0 Å². The van der Waals surface area contributed by atoms with E-state index in [9.17, 15) is 0 Å². The lowest BCUT2D eigenvalue weighted by Crippen LogP contribution is -2.12. The van der Waals surface area contributed by atoms with Gasteiger partial charge in [0.05, 0.1) is 0 Å². The lowest BCUT2D eigenvalue weighted by atomic mass is 9.82. The van der Waals surface area contributed by atoms with Gasteiger partial charge in [0.25, 0.3) is 0 Å². The van der Waals surface area contributed by atoms with E-state index >= 15 is 0 Å². The van der Waals surface area contributed by atoms with E-state index in [0.29, 0.717) is 0 Å². The molecule has 0 heterocycles. The molecule has 0 radical (unpaired) electrons. The van der Waals surface area contributed by atoms with Crippen molar-refractivity contribution in [3.05, 3.63) is 0 Å². The molecule has 0 amide bonds. The lowest BCUT2D eigenvalue weighted by molar-refractivity contribution is 0.279. The average molecular weight is 451 g/mol. The van der Waals surface area contributed by atoms with Gasteiger partial charge in [-0.25, -0.2) is 0 Å². The van der Waals surface area contributed by atoms with Gasteiger partial charge in [-0.15, -0.1) is 0 Å². The maximum Gasteiger partial charge on any atom is -0.0438 e. The zero-order valence-electron chi connectivity index (χ0n) is 24.5. The Balaban J connectivity index is 3.74. The second-order valence-corrected chi connectivity index (χ2v) is 13.3. The summed E-state index contributed by atoms with van der Waals surface area (Å²) in [6, 6.07) is 0. The first kappa shape index (κ1) is 32.0. The van der Waals surface area contributed by atoms with Crippen molar-refractivity contribution in [3.8, 4) is 0 Å². The molecule has 194 valence electrons. The first-order valence-corrected chi connectivity index (χ1v) is 15.0. The van der Waals surface area contributed by atoms with Crippen molar-refractivity contribution in [1.29, 1.82) is 0 Å². The van der Waals surface area contributed by atoms with Gasteiger partial charge in [0.2, 0.25) is 0 Å². The average Bonchev–Trinajstić information content (AvgIpc) is 2.65. The van der Waals surface area contributed by atoms with Gasteiger partial charge in [0.15, 0.2) is 0 Å². The maximum absolute atomic E-state index is 2.51. The van der Waals surface area contributed by atoms with Crippen LogP contribution in [-0.2, 0) is 0 Å². The molecule has 0 aliphatic rings. The molecular weight excluding hydrogens is 384 g/mol. The fraction of sp³-hybridized carbons (Fsp3) is 1.00. The summed E-state index contributed by atoms with van der Waals surface area (Å²) < 4.78 is 0. The minimum Gasteiger partial charge on any atom is -0.0651 e. The summed E-state index contributed by atoms with van der Waals surface area (Å²) in [5, 5.41) is 0. The van der Waals surface area contributed by atoms with Crippen LogP contribution in [0.15, 0.2) is 0 Å². The third-order valence-corrected chi connectivity index (χ3v) is 7.99. The van der Waals surface area contributed by atoms with Crippen molar-refractivity contribution >= 4 is 0 Å². The van der Waals surface area contributed by atoms with Gasteiger partial charge in [-0.3, -0.25) is 0 Å². The van der Waals surface area contributed by atoms with Gasteiger partial charge in [-0.05, 0) is 85.9 Å². The molecule has 0 fully saturated rings. The lowest BCUT2D eigenvalue weighted by Gasteiger charge is -2.24. The summed E-state index contributed by atoms with van der Waals surface area (Å²) in [5.41, 5.74) is 0. The normalized spacial score (nSPS) is 18.8. The van der Waals surface area contributed by atoms with E-state index in [1.165, 1.54) is 89.9 Å². The van der Waals surface area contributed by atoms with E-state index in [1.807, 2.05) is 0 Å². The predicted octanol–water partition coefficient (Wildman–Crippen LogP) is 11.6. The van der Waals surface area contributed by atoms with E-state index in [0.717, 1.165) is 47.3 Å². The highest BCUT2D eigenvalue weighted by atomic mass is 14.2. The summed E-state index contributed by atoms with van der Waals surface area (Å²) in [6.07, 6.45) is 20.1. The van der Waals surface area contributed by atoms with E-state index < -0.39 is 0 Å². The van der Waals surface area contributed by atoms with Crippen molar-refractivity contribution < 1.29 is 0 Å². The molecule has 0 aromatic rings. The highest BCUT2D eigenvalue weighted by molar-refractivity contribution is 4.68. The Morgan fingerprint density at radius 2 is 0.656 bits per heavy atom. The quantitative estimate of drug-likeness (QED) is 0.152. The molecule has 0 aliphatic carbocycles. The van der Waals surface area contributed by atoms with Crippen LogP contribution in [0.3, 0.4) is 0 Å². The molecule has 32 heavy (non-hydrogen) atoms. The van der Waals surface area contributed by atoms with E-state index in [-0.39, 0.29) is 0 Å². The monoisotopic (exact) mass is 451 g/mol. The van der Waals surface area contributed by atoms with Crippen molar-refractivity contribution in [3.63, 3.8) is 0 Å². The van der Waals surface area contributed by atoms with E-state index in [1.54, 1.807) is 0 Å². The number of hydrogen-bond donors (Lipinski definition) is 0. The van der Waals surface area contributed by atoms with Crippen LogP contribution in [0.2, 0.25) is 0 Å². The molecule has 7 unspecified atom stereocenters. The fourth-order valence-electron chi connectivity index (χ4n) is 6.54. The highest BCUT2D eigenvalue weighted by Gasteiger charge is 2.16. The van der Waals surface area contributed by atoms with Crippen molar-refractivity contribution in [2.75, 3.05) is 0 Å². The summed E-state index contributed by atoms with van der Waals surface area (Å²) in [4.78, 5) is 0. The van der Waals surface area contributed by atoms with Gasteiger partial charge in [0.1, 0.15) is 0 Å². The Kier molecular flexibility index (Phi) is 19.3. The van der Waals surface area contributed by atoms with Crippen LogP contribution in [0.5, 0.6) is 0 Å². The minimum absolute atomic E-state index is 0.856. The molecule has 0 saturated carbocycles. The molecule has 0 aromatic carbocycles. The van der Waals surface area contributed by atoms with E-state index in [2.05, 4.69) is 69.2 Å². The molecular formula is C32H66. The molecule has 0 nitrogen and oxygen atoms in total. The van der Waals surface area contributed by atoms with Crippen molar-refractivity contribution in [1.82, 2.24) is 0 Å². The summed E-state index contributed by atoms with van der Waals surface area (Å²) in [5.74, 6) is 7.19. The van der Waals surface area contributed by atoms with Gasteiger partial charge in [-0.1, -0.05) is 121 Å². The number of rotatable bonds is 21. The molecule has 0 aromatic heterocycles. The van der Waals surface area contributed by atoms with Gasteiger partial charge >= 0.3 is 0 Å². The fourth-order valence-corrected chi connectivity index (χ4v) is 6.54. The number of unbranched alkanes of at least 4 members (excludes halogenated alkanes) is 4. The standard InChI is InChI=1S/C32H66/c1-11-26(4)20-30(8)23-32(10)24-31(9)22-28(6)18-16-14-12-13-15-17-27(5)21-29(7)19-25(2)3/h25-32H,11-24H2,1-10H3. The van der Waals surface area contributed by atoms with E-state index in [4.69, 9.17) is 0 Å². The van der Waals surface area contributed by atoms with Crippen LogP contribution in [0, 0.1) is 47.3 Å². The molecule has 0 rings (SSSR count). The summed E-state index contributed by atoms with van der Waals surface area (Å²) >= 11 is 0. The Hall–Kier alpha value is 0. The third-order valence-electron chi connectivity index (χ3n) is 7.99. The van der Waals surface area contributed by atoms with Crippen LogP contribution in [0.1, 0.15) is 159 Å². The summed E-state index contributed by atoms with van der Waals surface area (Å²) in [7, 11) is 0. The van der Waals surface area contributed by atoms with Crippen LogP contribution < -0.4 is 0 Å². The van der Waals surface area contributed by atoms with Crippen LogP contribution >= 0.6 is 0 Å². The molecule has 0 saturated heterocycles. The largest absolute Gasteiger partial charge is 0.0651 e. The highest BCUT2D eigenvalue weighted by Crippen LogP contribution is 2.29. The Labute approximate surface area is 206 Å². The van der Waals surface area contributed by atoms with Crippen molar-refractivity contribution in [2.24, 2.45) is 47.3 Å². The molecule has 0 bridgehead atoms. The molecule has 7 atom stereocenters. The SMILES string of the molecule is CCC(C)CC(C)CC(C)CC(C)CC(C)CCCCCCCC(C)CC(C)CC(C)C. The molecule has 0 heteroatoms. The van der Waals surface area contributed by atoms with Gasteiger partial charge in [-0.2, -0.15) is 0 Å². The smallest absolute Gasteiger partial charge is 0.0438 e. The maximum atomic E-state index is 2.51. The first-order valence-electron chi connectivity index (χ1n) is 15.0. The third kappa shape index (κ3) is 19.5. The summed E-state index contributed by atoms with van der Waals surface area (Å²) in [6.45, 7) is 24.4. The Morgan fingerprint density at radius 3 is 1.03 bits per heavy atom. The predicted molar refractivity (Wildman–Crippen MR) is 149 cm³/mol. The van der Waals surface area contributed by atoms with Crippen LogP contribution in [0.25, 0.3) is 0 Å². The topological polar surface area (TPSA) is 0 Å². The first-order chi connectivity index (χ1) is 15.0. The second-order valence-electron chi connectivity index (χ2n) is 13.3. The molecule has 0 aliphatic heterocycles. The van der Waals surface area contributed by atoms with Gasteiger partial charge in [0, 0.05) is 0 Å². The van der Waals surface area contributed by atoms with Crippen molar-refractivity contribution in [2.45, 2.75) is 159 Å². The molecule has 0 N–H and O–H groups in total. The minimum atomic E-state index is 0.856. The second kappa shape index (κ2) is 19.3. The van der Waals surface area contributed by atoms with Gasteiger partial charge < -0.3 is 0 Å². The zero-order valence-corrected chi connectivity index (χ0v) is 24.5. The number of hydrogen-bond acceptors (Lipinski definition) is 0. The van der Waals surface area contributed by atoms with Crippen LogP contribution in [-0.4, -0.2) is 0 Å². The Morgan fingerprint density at radius 1 is 0.344 bits per heavy atom. The zero-order chi connectivity index (χ0) is 24.5. The Bertz CT molecular complexity index is 397. The molecule has 0 spiro atoms.